The molecule has 134 valence electrons. The second-order valence-corrected chi connectivity index (χ2v) is 8.32. The Morgan fingerprint density at radius 3 is 2.50 bits per heavy atom. The van der Waals surface area contributed by atoms with Gasteiger partial charge in [0.15, 0.2) is 0 Å². The quantitative estimate of drug-likeness (QED) is 0.830. The van der Waals surface area contributed by atoms with Gasteiger partial charge < -0.3 is 10.4 Å². The molecule has 0 saturated carbocycles. The summed E-state index contributed by atoms with van der Waals surface area (Å²) in [5, 5.41) is 11.4. The molecule has 1 fully saturated rings. The number of nitrogens with one attached hydrogen (secondary N) is 1. The lowest BCUT2D eigenvalue weighted by atomic mass is 9.99. The average molecular weight is 354 g/mol. The Labute approximate surface area is 143 Å². The highest BCUT2D eigenvalue weighted by molar-refractivity contribution is 7.89. The third kappa shape index (κ3) is 3.96. The Hall–Kier alpha value is -1.44. The summed E-state index contributed by atoms with van der Waals surface area (Å²) in [6, 6.07) is 3.74. The van der Waals surface area contributed by atoms with E-state index < -0.39 is 10.0 Å². The van der Waals surface area contributed by atoms with E-state index in [-0.39, 0.29) is 31.5 Å². The molecule has 0 unspecified atom stereocenters. The molecule has 2 rings (SSSR count). The van der Waals surface area contributed by atoms with E-state index in [0.717, 1.165) is 16.7 Å². The number of nitrogens with zero attached hydrogens (tertiary/aromatic N) is 1. The number of rotatable bonds is 5. The average Bonchev–Trinajstić information content (AvgIpc) is 2.51. The lowest BCUT2D eigenvalue weighted by molar-refractivity contribution is -0.126. The topological polar surface area (TPSA) is 86.7 Å². The smallest absolute Gasteiger partial charge is 0.243 e. The standard InChI is InChI=1S/C17H26N2O4S/c1-12-9-13(2)16(14(3)10-12)24(22,23)19-7-4-5-15(11-19)17(21)18-6-8-20/h9-10,15,20H,4-8,11H2,1-3H3,(H,18,21)/t15-/m0/s1. The molecular formula is C17H26N2O4S. The molecule has 24 heavy (non-hydrogen) atoms. The van der Waals surface area contributed by atoms with Crippen LogP contribution >= 0.6 is 0 Å². The molecule has 1 aliphatic heterocycles. The molecule has 0 bridgehead atoms. The number of benzene rings is 1. The van der Waals surface area contributed by atoms with Gasteiger partial charge in [0.1, 0.15) is 0 Å². The van der Waals surface area contributed by atoms with Gasteiger partial charge in [-0.15, -0.1) is 0 Å². The number of hydrogen-bond acceptors (Lipinski definition) is 4. The Kier molecular flexibility index (Phi) is 6.01. The Bertz CT molecular complexity index is 692. The third-order valence-electron chi connectivity index (χ3n) is 4.37. The van der Waals surface area contributed by atoms with Gasteiger partial charge >= 0.3 is 0 Å². The zero-order valence-corrected chi connectivity index (χ0v) is 15.3. The summed E-state index contributed by atoms with van der Waals surface area (Å²) in [4.78, 5) is 12.5. The maximum Gasteiger partial charge on any atom is 0.243 e. The summed E-state index contributed by atoms with van der Waals surface area (Å²) in [7, 11) is -3.62. The molecule has 0 aromatic heterocycles. The van der Waals surface area contributed by atoms with Crippen LogP contribution in [0.15, 0.2) is 17.0 Å². The normalized spacial score (nSPS) is 19.2. The zero-order chi connectivity index (χ0) is 17.9. The summed E-state index contributed by atoms with van der Waals surface area (Å²) < 4.78 is 27.6. The van der Waals surface area contributed by atoms with E-state index in [0.29, 0.717) is 24.3 Å². The molecule has 1 aromatic carbocycles. The molecule has 1 aromatic rings. The summed E-state index contributed by atoms with van der Waals surface area (Å²) >= 11 is 0. The van der Waals surface area contributed by atoms with E-state index in [1.165, 1.54) is 4.31 Å². The van der Waals surface area contributed by atoms with E-state index in [4.69, 9.17) is 5.11 Å². The number of aryl methyl sites for hydroxylation is 3. The van der Waals surface area contributed by atoms with Crippen molar-refractivity contribution < 1.29 is 18.3 Å². The van der Waals surface area contributed by atoms with Crippen LogP contribution in [0.5, 0.6) is 0 Å². The fourth-order valence-electron chi connectivity index (χ4n) is 3.40. The summed E-state index contributed by atoms with van der Waals surface area (Å²) in [5.41, 5.74) is 2.50. The van der Waals surface area contributed by atoms with Gasteiger partial charge in [-0.1, -0.05) is 17.7 Å². The number of aliphatic hydroxyl groups excluding tert-OH is 1. The van der Waals surface area contributed by atoms with E-state index in [1.807, 2.05) is 32.9 Å². The second-order valence-electron chi connectivity index (χ2n) is 6.44. The van der Waals surface area contributed by atoms with Crippen molar-refractivity contribution in [3.8, 4) is 0 Å². The van der Waals surface area contributed by atoms with Gasteiger partial charge in [0.25, 0.3) is 0 Å². The summed E-state index contributed by atoms with van der Waals surface area (Å²) in [6.45, 7) is 6.25. The fourth-order valence-corrected chi connectivity index (χ4v) is 5.34. The minimum absolute atomic E-state index is 0.123. The highest BCUT2D eigenvalue weighted by Gasteiger charge is 2.34. The van der Waals surface area contributed by atoms with Gasteiger partial charge in [0.05, 0.1) is 17.4 Å². The van der Waals surface area contributed by atoms with Crippen LogP contribution in [0.25, 0.3) is 0 Å². The molecule has 1 amide bonds. The molecule has 0 aliphatic carbocycles. The predicted octanol–water partition coefficient (Wildman–Crippen LogP) is 1.12. The summed E-state index contributed by atoms with van der Waals surface area (Å²) in [6.07, 6.45) is 1.32. The number of hydrogen-bond donors (Lipinski definition) is 2. The molecule has 1 aliphatic rings. The fraction of sp³-hybridized carbons (Fsp3) is 0.588. The SMILES string of the molecule is Cc1cc(C)c(S(=O)(=O)N2CCC[C@H](C(=O)NCCO)C2)c(C)c1. The molecule has 7 heteroatoms. The number of carbonyl (C=O) groups is 1. The van der Waals surface area contributed by atoms with Crippen LogP contribution < -0.4 is 5.32 Å². The highest BCUT2D eigenvalue weighted by atomic mass is 32.2. The number of amides is 1. The van der Waals surface area contributed by atoms with E-state index >= 15 is 0 Å². The summed E-state index contributed by atoms with van der Waals surface area (Å²) in [5.74, 6) is -0.563. The van der Waals surface area contributed by atoms with E-state index in [9.17, 15) is 13.2 Å². The van der Waals surface area contributed by atoms with Gasteiger partial charge in [-0.25, -0.2) is 8.42 Å². The number of sulfonamides is 1. The Morgan fingerprint density at radius 2 is 1.92 bits per heavy atom. The first-order valence-corrected chi connectivity index (χ1v) is 9.68. The van der Waals surface area contributed by atoms with Crippen molar-refractivity contribution in [3.63, 3.8) is 0 Å². The molecular weight excluding hydrogens is 328 g/mol. The van der Waals surface area contributed by atoms with Crippen molar-refractivity contribution >= 4 is 15.9 Å². The first-order valence-electron chi connectivity index (χ1n) is 8.24. The van der Waals surface area contributed by atoms with Crippen molar-refractivity contribution in [1.29, 1.82) is 0 Å². The predicted molar refractivity (Wildman–Crippen MR) is 92.2 cm³/mol. The lowest BCUT2D eigenvalue weighted by Crippen LogP contribution is -2.46. The first kappa shape index (κ1) is 18.9. The largest absolute Gasteiger partial charge is 0.395 e. The van der Waals surface area contributed by atoms with Crippen molar-refractivity contribution in [2.45, 2.75) is 38.5 Å². The molecule has 0 spiro atoms. The van der Waals surface area contributed by atoms with Crippen LogP contribution in [0.1, 0.15) is 29.5 Å². The molecule has 1 heterocycles. The zero-order valence-electron chi connectivity index (χ0n) is 14.5. The molecule has 1 atom stereocenters. The van der Waals surface area contributed by atoms with Crippen LogP contribution in [0, 0.1) is 26.7 Å². The monoisotopic (exact) mass is 354 g/mol. The van der Waals surface area contributed by atoms with Crippen LogP contribution in [-0.4, -0.2) is 50.0 Å². The van der Waals surface area contributed by atoms with Crippen LogP contribution in [0.4, 0.5) is 0 Å². The van der Waals surface area contributed by atoms with Crippen molar-refractivity contribution in [2.24, 2.45) is 5.92 Å². The molecule has 1 saturated heterocycles. The van der Waals surface area contributed by atoms with Crippen molar-refractivity contribution in [1.82, 2.24) is 9.62 Å². The Balaban J connectivity index is 2.25. The second kappa shape index (κ2) is 7.63. The van der Waals surface area contributed by atoms with E-state index in [2.05, 4.69) is 5.32 Å². The maximum atomic E-state index is 13.1. The molecule has 0 radical (unpaired) electrons. The van der Waals surface area contributed by atoms with Gasteiger partial charge in [0, 0.05) is 19.6 Å². The van der Waals surface area contributed by atoms with Crippen molar-refractivity contribution in [3.05, 3.63) is 28.8 Å². The molecule has 2 N–H and O–H groups in total. The molecule has 6 nitrogen and oxygen atoms in total. The van der Waals surface area contributed by atoms with Crippen molar-refractivity contribution in [2.75, 3.05) is 26.2 Å². The van der Waals surface area contributed by atoms with Crippen LogP contribution in [-0.2, 0) is 14.8 Å². The van der Waals surface area contributed by atoms with Gasteiger partial charge in [-0.2, -0.15) is 4.31 Å². The van der Waals surface area contributed by atoms with Gasteiger partial charge in [-0.05, 0) is 44.7 Å². The minimum atomic E-state index is -3.62. The third-order valence-corrected chi connectivity index (χ3v) is 6.54. The number of piperidine rings is 1. The first-order chi connectivity index (χ1) is 11.3. The van der Waals surface area contributed by atoms with Gasteiger partial charge in [-0.3, -0.25) is 4.79 Å². The van der Waals surface area contributed by atoms with Gasteiger partial charge in [0.2, 0.25) is 15.9 Å². The van der Waals surface area contributed by atoms with E-state index in [1.54, 1.807) is 0 Å². The minimum Gasteiger partial charge on any atom is -0.395 e. The number of aliphatic hydroxyl groups is 1. The maximum absolute atomic E-state index is 13.1. The highest BCUT2D eigenvalue weighted by Crippen LogP contribution is 2.28. The Morgan fingerprint density at radius 1 is 1.29 bits per heavy atom. The van der Waals surface area contributed by atoms with Crippen LogP contribution in [0.2, 0.25) is 0 Å². The van der Waals surface area contributed by atoms with Crippen LogP contribution in [0.3, 0.4) is 0 Å². The number of carbonyl (C=O) groups excluding carboxylic acids is 1. The lowest BCUT2D eigenvalue weighted by Gasteiger charge is -2.32.